The van der Waals surface area contributed by atoms with E-state index < -0.39 is 11.6 Å². The highest BCUT2D eigenvalue weighted by Gasteiger charge is 2.27. The Morgan fingerprint density at radius 1 is 1.14 bits per heavy atom. The first-order valence-electron chi connectivity index (χ1n) is 13.5. The maximum absolute atomic E-state index is 15.9. The van der Waals surface area contributed by atoms with E-state index in [0.29, 0.717) is 42.0 Å². The molecule has 4 heterocycles. The molecule has 11 nitrogen and oxygen atoms in total. The Bertz CT molecular complexity index is 1880. The van der Waals surface area contributed by atoms with Gasteiger partial charge in [-0.2, -0.15) is 0 Å². The molecule has 43 heavy (non-hydrogen) atoms. The molecule has 1 amide bonds. The third-order valence-electron chi connectivity index (χ3n) is 7.45. The first kappa shape index (κ1) is 27.8. The molecule has 2 N–H and O–H groups in total. The van der Waals surface area contributed by atoms with Gasteiger partial charge in [-0.25, -0.2) is 28.7 Å². The highest BCUT2D eigenvalue weighted by atomic mass is 19.1. The number of rotatable bonds is 7. The first-order chi connectivity index (χ1) is 20.8. The molecule has 1 fully saturated rings. The van der Waals surface area contributed by atoms with Gasteiger partial charge in [-0.15, -0.1) is 0 Å². The summed E-state index contributed by atoms with van der Waals surface area (Å²) in [6.45, 7) is 8.80. The average Bonchev–Trinajstić information content (AvgIpc) is 3.49. The lowest BCUT2D eigenvalue weighted by molar-refractivity contribution is -0.128. The van der Waals surface area contributed by atoms with E-state index in [1.165, 1.54) is 38.0 Å². The Kier molecular flexibility index (Phi) is 7.22. The fourth-order valence-corrected chi connectivity index (χ4v) is 5.18. The summed E-state index contributed by atoms with van der Waals surface area (Å²) in [7, 11) is 1.40. The summed E-state index contributed by atoms with van der Waals surface area (Å²) in [6, 6.07) is 7.92. The Morgan fingerprint density at radius 2 is 1.98 bits per heavy atom. The third kappa shape index (κ3) is 5.13. The van der Waals surface area contributed by atoms with E-state index in [9.17, 15) is 9.18 Å². The molecular weight excluding hydrogens is 558 g/mol. The van der Waals surface area contributed by atoms with Crippen molar-refractivity contribution >= 4 is 45.3 Å². The number of imidazole rings is 1. The van der Waals surface area contributed by atoms with Gasteiger partial charge in [-0.05, 0) is 32.1 Å². The van der Waals surface area contributed by atoms with Crippen LogP contribution >= 0.6 is 0 Å². The molecule has 0 saturated carbocycles. The van der Waals surface area contributed by atoms with Crippen molar-refractivity contribution in [1.29, 1.82) is 0 Å². The van der Waals surface area contributed by atoms with Gasteiger partial charge in [0.15, 0.2) is 17.5 Å². The molecule has 0 bridgehead atoms. The van der Waals surface area contributed by atoms with E-state index in [1.807, 2.05) is 19.1 Å². The van der Waals surface area contributed by atoms with E-state index in [1.54, 1.807) is 17.9 Å². The van der Waals surface area contributed by atoms with Crippen molar-refractivity contribution < 1.29 is 23.0 Å². The molecule has 220 valence electrons. The van der Waals surface area contributed by atoms with Gasteiger partial charge in [-0.1, -0.05) is 6.58 Å². The van der Waals surface area contributed by atoms with Crippen LogP contribution in [0.2, 0.25) is 0 Å². The first-order valence-corrected chi connectivity index (χ1v) is 13.5. The number of nitrogens with one attached hydrogen (secondary N) is 2. The zero-order valence-corrected chi connectivity index (χ0v) is 23.7. The Morgan fingerprint density at radius 3 is 2.74 bits per heavy atom. The van der Waals surface area contributed by atoms with Crippen LogP contribution in [-0.4, -0.2) is 68.5 Å². The number of benzene rings is 2. The van der Waals surface area contributed by atoms with Crippen molar-refractivity contribution in [2.45, 2.75) is 19.9 Å². The smallest absolute Gasteiger partial charge is 0.246 e. The molecule has 13 heteroatoms. The van der Waals surface area contributed by atoms with Gasteiger partial charge >= 0.3 is 0 Å². The number of amides is 1. The molecule has 1 atom stereocenters. The van der Waals surface area contributed by atoms with Crippen LogP contribution < -0.4 is 19.7 Å². The van der Waals surface area contributed by atoms with Gasteiger partial charge in [0, 0.05) is 49.4 Å². The highest BCUT2D eigenvalue weighted by molar-refractivity contribution is 5.89. The Labute approximate surface area is 245 Å². The minimum Gasteiger partial charge on any atom is -0.494 e. The summed E-state index contributed by atoms with van der Waals surface area (Å²) < 4.78 is 41.8. The van der Waals surface area contributed by atoms with Crippen LogP contribution in [0.15, 0.2) is 55.6 Å². The Hall–Kier alpha value is -5.33. The normalized spacial score (nSPS) is 15.1. The topological polar surface area (TPSA) is 121 Å². The van der Waals surface area contributed by atoms with E-state index in [2.05, 4.69) is 36.7 Å². The maximum Gasteiger partial charge on any atom is 0.246 e. The molecule has 0 radical (unpaired) electrons. The number of pyridine rings is 1. The van der Waals surface area contributed by atoms with E-state index in [4.69, 9.17) is 14.5 Å². The van der Waals surface area contributed by atoms with Gasteiger partial charge in [0.05, 0.1) is 24.5 Å². The zero-order valence-electron chi connectivity index (χ0n) is 23.7. The summed E-state index contributed by atoms with van der Waals surface area (Å²) in [5.74, 6) is 0.0945. The number of hydrogen-bond acceptors (Lipinski definition) is 9. The molecule has 2 aromatic carbocycles. The number of carbonyl (C=O) groups is 1. The van der Waals surface area contributed by atoms with Crippen molar-refractivity contribution in [3.05, 3.63) is 72.8 Å². The molecule has 0 aliphatic carbocycles. The molecular formula is C30H28F2N8O3. The number of ether oxygens (including phenoxy) is 2. The van der Waals surface area contributed by atoms with E-state index >= 15 is 4.39 Å². The van der Waals surface area contributed by atoms with Crippen LogP contribution in [0.4, 0.5) is 26.1 Å². The van der Waals surface area contributed by atoms with Crippen molar-refractivity contribution in [1.82, 2.24) is 29.8 Å². The van der Waals surface area contributed by atoms with Gasteiger partial charge in [0.25, 0.3) is 0 Å². The van der Waals surface area contributed by atoms with Gasteiger partial charge < -0.3 is 29.6 Å². The third-order valence-corrected chi connectivity index (χ3v) is 7.45. The summed E-state index contributed by atoms with van der Waals surface area (Å²) in [5, 5.41) is 3.04. The molecule has 0 spiro atoms. The lowest BCUT2D eigenvalue weighted by atomic mass is 10.1. The van der Waals surface area contributed by atoms with E-state index in [-0.39, 0.29) is 51.8 Å². The predicted octanol–water partition coefficient (Wildman–Crippen LogP) is 5.26. The second-order valence-electron chi connectivity index (χ2n) is 10.1. The largest absolute Gasteiger partial charge is 0.494 e. The van der Waals surface area contributed by atoms with Crippen molar-refractivity contribution in [3.8, 4) is 17.2 Å². The summed E-state index contributed by atoms with van der Waals surface area (Å²) >= 11 is 0. The number of H-pyrrole nitrogens is 1. The fourth-order valence-electron chi connectivity index (χ4n) is 5.18. The molecule has 3 aromatic heterocycles. The lowest BCUT2D eigenvalue weighted by Crippen LogP contribution is -2.53. The number of fused-ring (bicyclic) bond motifs is 2. The van der Waals surface area contributed by atoms with E-state index in [0.717, 1.165) is 0 Å². The number of carbonyl (C=O) groups excluding carboxylic acids is 1. The van der Waals surface area contributed by atoms with Crippen molar-refractivity contribution in [2.75, 3.05) is 37.0 Å². The number of nitrogens with zero attached hydrogens (tertiary/aromatic N) is 6. The van der Waals surface area contributed by atoms with Gasteiger partial charge in [-0.3, -0.25) is 4.79 Å². The monoisotopic (exact) mass is 586 g/mol. The minimum absolute atomic E-state index is 0.0277. The molecule has 1 aliphatic rings. The summed E-state index contributed by atoms with van der Waals surface area (Å²) in [4.78, 5) is 36.3. The van der Waals surface area contributed by atoms with Gasteiger partial charge in [0.1, 0.15) is 46.1 Å². The standard InChI is InChI=1S/C30H28F2N8O3/c1-5-25(41)40-9-8-39(13-16(40)2)24-7-6-20-28(37-24)30(36-15-33-20)38-29-23(42-4)12-22(17(3)26(29)32)43-18-10-19(31)27-21(11-18)34-14-35-27/h5-7,10-12,14-16H,1,8-9,13H2,2-4H3,(H,34,35)(H,33,36,38)/t16-/m1/s1. The number of piperazine rings is 1. The molecule has 1 aliphatic heterocycles. The number of methoxy groups -OCH3 is 1. The van der Waals surface area contributed by atoms with Crippen LogP contribution in [0.1, 0.15) is 12.5 Å². The van der Waals surface area contributed by atoms with Crippen LogP contribution in [-0.2, 0) is 4.79 Å². The minimum atomic E-state index is -0.641. The molecule has 1 saturated heterocycles. The summed E-state index contributed by atoms with van der Waals surface area (Å²) in [5.41, 5.74) is 1.81. The SMILES string of the molecule is C=CC(=O)N1CCN(c2ccc3ncnc(Nc4c(OC)cc(Oc5cc(F)c6nc[nH]c6c5)c(C)c4F)c3n2)C[C@H]1C. The highest BCUT2D eigenvalue weighted by Crippen LogP contribution is 2.40. The second kappa shape index (κ2) is 11.2. The number of aromatic nitrogens is 5. The van der Waals surface area contributed by atoms with Crippen LogP contribution in [0.25, 0.3) is 22.1 Å². The lowest BCUT2D eigenvalue weighted by Gasteiger charge is -2.40. The second-order valence-corrected chi connectivity index (χ2v) is 10.1. The van der Waals surface area contributed by atoms with Crippen LogP contribution in [0.5, 0.6) is 17.2 Å². The zero-order chi connectivity index (χ0) is 30.2. The molecule has 6 rings (SSSR count). The predicted molar refractivity (Wildman–Crippen MR) is 158 cm³/mol. The summed E-state index contributed by atoms with van der Waals surface area (Å²) in [6.07, 6.45) is 4.07. The fraction of sp³-hybridized carbons (Fsp3) is 0.233. The quantitative estimate of drug-likeness (QED) is 0.246. The van der Waals surface area contributed by atoms with Crippen molar-refractivity contribution in [2.24, 2.45) is 0 Å². The maximum atomic E-state index is 15.9. The number of anilines is 3. The van der Waals surface area contributed by atoms with Crippen LogP contribution in [0, 0.1) is 18.6 Å². The number of halogens is 2. The van der Waals surface area contributed by atoms with Crippen molar-refractivity contribution in [3.63, 3.8) is 0 Å². The Balaban J connectivity index is 1.31. The molecule has 0 unspecified atom stereocenters. The number of hydrogen-bond donors (Lipinski definition) is 2. The van der Waals surface area contributed by atoms with Crippen LogP contribution in [0.3, 0.4) is 0 Å². The molecule has 5 aromatic rings. The van der Waals surface area contributed by atoms with Gasteiger partial charge in [0.2, 0.25) is 5.91 Å². The average molecular weight is 587 g/mol. The number of aromatic amines is 1.